The molecule has 0 aromatic carbocycles. The maximum atomic E-state index is 12.3. The number of allylic oxidation sites excluding steroid dienone is 4. The molecule has 0 amide bonds. The fourth-order valence-electron chi connectivity index (χ4n) is 2.45. The summed E-state index contributed by atoms with van der Waals surface area (Å²) in [5, 5.41) is 0. The van der Waals surface area contributed by atoms with Crippen molar-refractivity contribution in [1.29, 1.82) is 0 Å². The maximum absolute atomic E-state index is 12.3. The van der Waals surface area contributed by atoms with E-state index in [1.807, 2.05) is 32.1 Å². The molecule has 0 N–H and O–H groups in total. The average molecular weight is 267 g/mol. The van der Waals surface area contributed by atoms with E-state index in [0.29, 0.717) is 6.42 Å². The van der Waals surface area contributed by atoms with Crippen molar-refractivity contribution in [1.82, 2.24) is 0 Å². The lowest BCUT2D eigenvalue weighted by atomic mass is 9.76. The van der Waals surface area contributed by atoms with Gasteiger partial charge in [-0.2, -0.15) is 0 Å². The molecule has 0 saturated carbocycles. The number of hydrogen-bond donors (Lipinski definition) is 0. The summed E-state index contributed by atoms with van der Waals surface area (Å²) in [6, 6.07) is 0. The highest BCUT2D eigenvalue weighted by Gasteiger charge is 2.55. The Kier molecular flexibility index (Phi) is 5.33. The van der Waals surface area contributed by atoms with Crippen LogP contribution in [0.3, 0.4) is 0 Å². The molecular formula is C15H22O4. The zero-order chi connectivity index (χ0) is 14.5. The van der Waals surface area contributed by atoms with Crippen molar-refractivity contribution < 1.29 is 19.1 Å². The Morgan fingerprint density at radius 2 is 1.84 bits per heavy atom. The second-order valence-electron chi connectivity index (χ2n) is 4.54. The minimum Gasteiger partial charge on any atom is -0.465 e. The van der Waals surface area contributed by atoms with Crippen molar-refractivity contribution in [2.24, 2.45) is 11.3 Å². The molecule has 19 heavy (non-hydrogen) atoms. The Labute approximate surface area is 114 Å². The van der Waals surface area contributed by atoms with Gasteiger partial charge in [-0.1, -0.05) is 25.2 Å². The monoisotopic (exact) mass is 267 g/mol. The Hall–Kier alpha value is -1.58. The normalized spacial score (nSPS) is 21.3. The number of hydrogen-bond acceptors (Lipinski definition) is 4. The molecule has 1 aliphatic rings. The molecule has 0 spiro atoms. The van der Waals surface area contributed by atoms with E-state index in [2.05, 4.69) is 0 Å². The molecule has 0 saturated heterocycles. The third-order valence-electron chi connectivity index (χ3n) is 3.54. The minimum atomic E-state index is -1.22. The van der Waals surface area contributed by atoms with Crippen LogP contribution in [0.25, 0.3) is 0 Å². The first-order chi connectivity index (χ1) is 9.04. The maximum Gasteiger partial charge on any atom is 0.324 e. The highest BCUT2D eigenvalue weighted by Crippen LogP contribution is 2.45. The minimum absolute atomic E-state index is 0.234. The van der Waals surface area contributed by atoms with Gasteiger partial charge >= 0.3 is 11.9 Å². The summed E-state index contributed by atoms with van der Waals surface area (Å²) in [4.78, 5) is 24.5. The van der Waals surface area contributed by atoms with Gasteiger partial charge < -0.3 is 9.47 Å². The third kappa shape index (κ3) is 2.72. The molecule has 0 fully saturated rings. The molecule has 0 heterocycles. The average Bonchev–Trinajstić information content (AvgIpc) is 2.69. The van der Waals surface area contributed by atoms with Crippen molar-refractivity contribution in [3.63, 3.8) is 0 Å². The summed E-state index contributed by atoms with van der Waals surface area (Å²) in [5.74, 6) is -1.21. The van der Waals surface area contributed by atoms with Crippen molar-refractivity contribution in [2.45, 2.75) is 34.1 Å². The quantitative estimate of drug-likeness (QED) is 0.436. The smallest absolute Gasteiger partial charge is 0.324 e. The summed E-state index contributed by atoms with van der Waals surface area (Å²) in [7, 11) is 0. The van der Waals surface area contributed by atoms with Crippen molar-refractivity contribution in [3.8, 4) is 0 Å². The third-order valence-corrected chi connectivity index (χ3v) is 3.54. The molecule has 4 heteroatoms. The Balaban J connectivity index is 3.10. The van der Waals surface area contributed by atoms with Crippen molar-refractivity contribution in [2.75, 3.05) is 13.2 Å². The van der Waals surface area contributed by atoms with Crippen LogP contribution in [0.4, 0.5) is 0 Å². The fourth-order valence-corrected chi connectivity index (χ4v) is 2.45. The summed E-state index contributed by atoms with van der Waals surface area (Å²) in [5.41, 5.74) is -0.246. The van der Waals surface area contributed by atoms with Crippen LogP contribution in [0.15, 0.2) is 23.8 Å². The largest absolute Gasteiger partial charge is 0.465 e. The van der Waals surface area contributed by atoms with Gasteiger partial charge in [0.1, 0.15) is 0 Å². The number of carbonyl (C=O) groups is 2. The van der Waals surface area contributed by atoms with Gasteiger partial charge in [0.05, 0.1) is 13.2 Å². The van der Waals surface area contributed by atoms with Crippen LogP contribution in [-0.2, 0) is 19.1 Å². The Morgan fingerprint density at radius 1 is 1.32 bits per heavy atom. The van der Waals surface area contributed by atoms with E-state index < -0.39 is 17.4 Å². The molecule has 106 valence electrons. The molecule has 1 aliphatic carbocycles. The Morgan fingerprint density at radius 3 is 2.26 bits per heavy atom. The van der Waals surface area contributed by atoms with Crippen LogP contribution in [0.2, 0.25) is 0 Å². The second-order valence-corrected chi connectivity index (χ2v) is 4.54. The van der Waals surface area contributed by atoms with Crippen LogP contribution < -0.4 is 0 Å². The molecule has 0 aromatic rings. The van der Waals surface area contributed by atoms with Gasteiger partial charge in [-0.15, -0.1) is 0 Å². The lowest BCUT2D eigenvalue weighted by Crippen LogP contribution is -2.45. The predicted octanol–water partition coefficient (Wildman–Crippen LogP) is 2.64. The van der Waals surface area contributed by atoms with E-state index in [1.54, 1.807) is 13.8 Å². The van der Waals surface area contributed by atoms with E-state index in [9.17, 15) is 9.59 Å². The van der Waals surface area contributed by atoms with E-state index in [4.69, 9.17) is 9.47 Å². The summed E-state index contributed by atoms with van der Waals surface area (Å²) in [6.07, 6.45) is 6.07. The van der Waals surface area contributed by atoms with Crippen LogP contribution >= 0.6 is 0 Å². The fraction of sp³-hybridized carbons (Fsp3) is 0.600. The number of esters is 2. The SMILES string of the molecule is C/C=[13CH]\C1=CCC(C(=O)OCC)(C(=O)OCC)C1C. The molecule has 0 radical (unpaired) electrons. The summed E-state index contributed by atoms with van der Waals surface area (Å²) in [6.45, 7) is 7.75. The van der Waals surface area contributed by atoms with Gasteiger partial charge in [0, 0.05) is 5.92 Å². The second kappa shape index (κ2) is 6.55. The first-order valence-electron chi connectivity index (χ1n) is 6.71. The lowest BCUT2D eigenvalue weighted by Gasteiger charge is -2.29. The molecule has 0 aromatic heterocycles. The first-order valence-corrected chi connectivity index (χ1v) is 6.71. The van der Waals surface area contributed by atoms with Crippen LogP contribution in [0, 0.1) is 11.3 Å². The summed E-state index contributed by atoms with van der Waals surface area (Å²) < 4.78 is 10.2. The number of rotatable bonds is 5. The van der Waals surface area contributed by atoms with E-state index in [1.165, 1.54) is 0 Å². The van der Waals surface area contributed by atoms with E-state index in [0.717, 1.165) is 5.57 Å². The zero-order valence-corrected chi connectivity index (χ0v) is 12.1. The molecule has 1 unspecified atom stereocenters. The molecule has 0 bridgehead atoms. The lowest BCUT2D eigenvalue weighted by molar-refractivity contribution is -0.174. The topological polar surface area (TPSA) is 52.6 Å². The molecule has 0 aliphatic heterocycles. The highest BCUT2D eigenvalue weighted by atomic mass is 16.6. The molecule has 4 nitrogen and oxygen atoms in total. The van der Waals surface area contributed by atoms with Crippen molar-refractivity contribution in [3.05, 3.63) is 23.8 Å². The van der Waals surface area contributed by atoms with Gasteiger partial charge in [-0.05, 0) is 32.8 Å². The zero-order valence-electron chi connectivity index (χ0n) is 12.1. The number of carbonyl (C=O) groups excluding carboxylic acids is 2. The van der Waals surface area contributed by atoms with Gasteiger partial charge in [0.2, 0.25) is 0 Å². The van der Waals surface area contributed by atoms with Crippen LogP contribution in [0.5, 0.6) is 0 Å². The van der Waals surface area contributed by atoms with Gasteiger partial charge in [0.15, 0.2) is 5.41 Å². The predicted molar refractivity (Wildman–Crippen MR) is 72.4 cm³/mol. The Bertz CT molecular complexity index is 388. The standard InChI is InChI=1S/C15H22O4/c1-5-8-12-9-10-15(11(12)4,13(16)18-6-2)14(17)19-7-3/h5,8-9,11H,6-7,10H2,1-4H3/b8-5-/i8+1. The van der Waals surface area contributed by atoms with Crippen LogP contribution in [-0.4, -0.2) is 25.2 Å². The van der Waals surface area contributed by atoms with Gasteiger partial charge in [-0.3, -0.25) is 9.59 Å². The van der Waals surface area contributed by atoms with Crippen molar-refractivity contribution >= 4 is 11.9 Å². The van der Waals surface area contributed by atoms with Gasteiger partial charge in [0.25, 0.3) is 0 Å². The molecular weight excluding hydrogens is 245 g/mol. The van der Waals surface area contributed by atoms with Crippen LogP contribution in [0.1, 0.15) is 34.1 Å². The van der Waals surface area contributed by atoms with E-state index >= 15 is 0 Å². The number of ether oxygens (including phenoxy) is 2. The molecule has 1 rings (SSSR count). The highest BCUT2D eigenvalue weighted by molar-refractivity contribution is 6.01. The first kappa shape index (κ1) is 15.5. The van der Waals surface area contributed by atoms with Gasteiger partial charge in [-0.25, -0.2) is 0 Å². The molecule has 1 atom stereocenters. The van der Waals surface area contributed by atoms with E-state index in [-0.39, 0.29) is 19.1 Å². The summed E-state index contributed by atoms with van der Waals surface area (Å²) >= 11 is 0.